The topological polar surface area (TPSA) is 87.7 Å². The molecular weight excluding hydrogens is 392 g/mol. The quantitative estimate of drug-likeness (QED) is 0.430. The van der Waals surface area contributed by atoms with Crippen molar-refractivity contribution >= 4 is 12.0 Å². The van der Waals surface area contributed by atoms with Crippen LogP contribution in [0.3, 0.4) is 0 Å². The van der Waals surface area contributed by atoms with E-state index >= 15 is 0 Å². The van der Waals surface area contributed by atoms with Crippen molar-refractivity contribution < 1.29 is 19.4 Å². The molecule has 6 nitrogen and oxygen atoms in total. The van der Waals surface area contributed by atoms with Crippen molar-refractivity contribution in [3.8, 4) is 11.8 Å². The highest BCUT2D eigenvalue weighted by Gasteiger charge is 2.22. The monoisotopic (exact) mass is 420 g/mol. The molecule has 0 spiro atoms. The standard InChI is InChI=1S/C25H28N2O4/c28-17-16-26-24(29)12-2-1-7-15-27-25(30)31-23-18-21-10-4-3-8-19(21)13-14-20-9-5-6-11-22(20)23/h3-6,8-11,23,28H,1-2,7,12,15-18H2,(H,26,29)(H,27,30). The summed E-state index contributed by atoms with van der Waals surface area (Å²) in [5, 5.41) is 14.1. The van der Waals surface area contributed by atoms with E-state index < -0.39 is 12.2 Å². The molecule has 0 saturated carbocycles. The van der Waals surface area contributed by atoms with E-state index in [0.29, 0.717) is 19.4 Å². The highest BCUT2D eigenvalue weighted by Crippen LogP contribution is 2.28. The van der Waals surface area contributed by atoms with Gasteiger partial charge in [-0.25, -0.2) is 4.79 Å². The molecule has 1 aliphatic carbocycles. The molecule has 3 rings (SSSR count). The van der Waals surface area contributed by atoms with Crippen molar-refractivity contribution in [2.45, 2.75) is 38.2 Å². The number of rotatable bonds is 9. The van der Waals surface area contributed by atoms with E-state index in [0.717, 1.165) is 41.5 Å². The lowest BCUT2D eigenvalue weighted by molar-refractivity contribution is -0.121. The van der Waals surface area contributed by atoms with Crippen LogP contribution in [0, 0.1) is 11.8 Å². The zero-order valence-corrected chi connectivity index (χ0v) is 17.5. The molecule has 2 aromatic carbocycles. The summed E-state index contributed by atoms with van der Waals surface area (Å²) in [6, 6.07) is 15.7. The van der Waals surface area contributed by atoms with Crippen molar-refractivity contribution in [2.75, 3.05) is 19.7 Å². The summed E-state index contributed by atoms with van der Waals surface area (Å²) in [7, 11) is 0. The number of carbonyl (C=O) groups is 2. The van der Waals surface area contributed by atoms with E-state index in [9.17, 15) is 9.59 Å². The van der Waals surface area contributed by atoms with E-state index in [1.54, 1.807) is 0 Å². The molecule has 0 bridgehead atoms. The molecular formula is C25H28N2O4. The van der Waals surface area contributed by atoms with Crippen molar-refractivity contribution in [1.29, 1.82) is 0 Å². The molecule has 0 aliphatic heterocycles. The molecule has 0 heterocycles. The van der Waals surface area contributed by atoms with Crippen LogP contribution >= 0.6 is 0 Å². The Balaban J connectivity index is 1.51. The second kappa shape index (κ2) is 11.8. The minimum absolute atomic E-state index is 0.0542. The summed E-state index contributed by atoms with van der Waals surface area (Å²) in [5.74, 6) is 6.36. The summed E-state index contributed by atoms with van der Waals surface area (Å²) in [4.78, 5) is 23.9. The maximum atomic E-state index is 12.4. The van der Waals surface area contributed by atoms with Gasteiger partial charge in [-0.3, -0.25) is 4.79 Å². The first kappa shape index (κ1) is 22.4. The Labute approximate surface area is 183 Å². The van der Waals surface area contributed by atoms with Gasteiger partial charge in [-0.1, -0.05) is 54.7 Å². The molecule has 2 amide bonds. The fourth-order valence-electron chi connectivity index (χ4n) is 3.49. The number of hydrogen-bond donors (Lipinski definition) is 3. The van der Waals surface area contributed by atoms with E-state index in [2.05, 4.69) is 22.5 Å². The lowest BCUT2D eigenvalue weighted by atomic mass is 9.92. The molecule has 1 atom stereocenters. The predicted octanol–water partition coefficient (Wildman–Crippen LogP) is 3.08. The molecule has 31 heavy (non-hydrogen) atoms. The molecule has 0 radical (unpaired) electrons. The number of unbranched alkanes of at least 4 members (excludes halogenated alkanes) is 2. The van der Waals surface area contributed by atoms with Crippen molar-refractivity contribution in [3.05, 3.63) is 70.8 Å². The van der Waals surface area contributed by atoms with Gasteiger partial charge in [0.1, 0.15) is 6.10 Å². The van der Waals surface area contributed by atoms with Crippen LogP contribution in [-0.4, -0.2) is 36.8 Å². The predicted molar refractivity (Wildman–Crippen MR) is 118 cm³/mol. The lowest BCUT2D eigenvalue weighted by Gasteiger charge is -2.22. The van der Waals surface area contributed by atoms with Gasteiger partial charge in [-0.05, 0) is 30.5 Å². The lowest BCUT2D eigenvalue weighted by Crippen LogP contribution is -2.28. The zero-order chi connectivity index (χ0) is 21.9. The first-order chi connectivity index (χ1) is 15.2. The summed E-state index contributed by atoms with van der Waals surface area (Å²) in [6.45, 7) is 0.718. The van der Waals surface area contributed by atoms with Gasteiger partial charge >= 0.3 is 6.09 Å². The van der Waals surface area contributed by atoms with Crippen molar-refractivity contribution in [3.63, 3.8) is 0 Å². The van der Waals surface area contributed by atoms with Gasteiger partial charge in [0.15, 0.2) is 0 Å². The number of hydrogen-bond acceptors (Lipinski definition) is 4. The summed E-state index contributed by atoms with van der Waals surface area (Å²) in [5.41, 5.74) is 3.79. The summed E-state index contributed by atoms with van der Waals surface area (Å²) < 4.78 is 5.79. The van der Waals surface area contributed by atoms with Crippen molar-refractivity contribution in [1.82, 2.24) is 10.6 Å². The number of aliphatic hydroxyl groups excluding tert-OH is 1. The summed E-state index contributed by atoms with van der Waals surface area (Å²) in [6.07, 6.45) is 2.44. The SMILES string of the molecule is O=C(CCCCCNC(=O)OC1Cc2ccccc2C#Cc2ccccc21)NCCO. The molecule has 162 valence electrons. The van der Waals surface area contributed by atoms with Crippen LogP contribution in [0.2, 0.25) is 0 Å². The Bertz CT molecular complexity index is 961. The first-order valence-corrected chi connectivity index (χ1v) is 10.7. The number of aliphatic hydroxyl groups is 1. The number of fused-ring (bicyclic) bond motifs is 2. The maximum absolute atomic E-state index is 12.4. The molecule has 1 unspecified atom stereocenters. The Hall–Kier alpha value is -3.30. The Kier molecular flexibility index (Phi) is 8.50. The number of carbonyl (C=O) groups excluding carboxylic acids is 2. The largest absolute Gasteiger partial charge is 0.441 e. The van der Waals surface area contributed by atoms with Gasteiger partial charge in [-0.15, -0.1) is 0 Å². The minimum Gasteiger partial charge on any atom is -0.441 e. The summed E-state index contributed by atoms with van der Waals surface area (Å²) >= 11 is 0. The molecule has 1 aliphatic rings. The average molecular weight is 421 g/mol. The number of benzene rings is 2. The van der Waals surface area contributed by atoms with Gasteiger partial charge in [0.2, 0.25) is 5.91 Å². The van der Waals surface area contributed by atoms with Crippen LogP contribution in [0.5, 0.6) is 0 Å². The van der Waals surface area contributed by atoms with Crippen LogP contribution in [0.25, 0.3) is 0 Å². The maximum Gasteiger partial charge on any atom is 0.407 e. The highest BCUT2D eigenvalue weighted by molar-refractivity contribution is 5.75. The molecule has 6 heteroatoms. The van der Waals surface area contributed by atoms with Gasteiger partial charge in [0.05, 0.1) is 6.61 Å². The van der Waals surface area contributed by atoms with E-state index in [1.807, 2.05) is 48.5 Å². The van der Waals surface area contributed by atoms with Gasteiger partial charge in [-0.2, -0.15) is 0 Å². The van der Waals surface area contributed by atoms with E-state index in [1.165, 1.54) is 0 Å². The van der Waals surface area contributed by atoms with E-state index in [4.69, 9.17) is 9.84 Å². The number of ether oxygens (including phenoxy) is 1. The Morgan fingerprint density at radius 1 is 0.935 bits per heavy atom. The third-order valence-electron chi connectivity index (χ3n) is 5.10. The van der Waals surface area contributed by atoms with Crippen LogP contribution in [0.4, 0.5) is 4.79 Å². The molecule has 0 aromatic heterocycles. The average Bonchev–Trinajstić information content (AvgIpc) is 2.78. The fraction of sp³-hybridized carbons (Fsp3) is 0.360. The second-order valence-corrected chi connectivity index (χ2v) is 7.40. The third kappa shape index (κ3) is 6.87. The second-order valence-electron chi connectivity index (χ2n) is 7.40. The minimum atomic E-state index is -0.452. The van der Waals surface area contributed by atoms with Gasteiger partial charge in [0, 0.05) is 42.6 Å². The fourth-order valence-corrected chi connectivity index (χ4v) is 3.49. The zero-order valence-electron chi connectivity index (χ0n) is 17.5. The Morgan fingerprint density at radius 2 is 1.68 bits per heavy atom. The highest BCUT2D eigenvalue weighted by atomic mass is 16.6. The molecule has 2 aromatic rings. The van der Waals surface area contributed by atoms with Crippen LogP contribution in [0.15, 0.2) is 48.5 Å². The normalized spacial score (nSPS) is 14.0. The number of alkyl carbamates (subject to hydrolysis) is 1. The number of nitrogens with one attached hydrogen (secondary N) is 2. The van der Waals surface area contributed by atoms with Crippen molar-refractivity contribution in [2.24, 2.45) is 0 Å². The molecule has 0 fully saturated rings. The smallest absolute Gasteiger partial charge is 0.407 e. The molecule has 0 saturated heterocycles. The molecule has 3 N–H and O–H groups in total. The van der Waals surface area contributed by atoms with Crippen LogP contribution in [0.1, 0.15) is 54.0 Å². The third-order valence-corrected chi connectivity index (χ3v) is 5.10. The number of amides is 2. The van der Waals surface area contributed by atoms with Crippen LogP contribution in [-0.2, 0) is 16.0 Å². The van der Waals surface area contributed by atoms with Gasteiger partial charge < -0.3 is 20.5 Å². The van der Waals surface area contributed by atoms with E-state index in [-0.39, 0.29) is 19.1 Å². The Morgan fingerprint density at radius 3 is 2.52 bits per heavy atom. The van der Waals surface area contributed by atoms with Crippen LogP contribution < -0.4 is 10.6 Å². The first-order valence-electron chi connectivity index (χ1n) is 10.7. The van der Waals surface area contributed by atoms with Gasteiger partial charge in [0.25, 0.3) is 0 Å².